The number of carbonyl (C=O) groups is 1. The number of aliphatic hydroxyl groups excluding tert-OH is 1. The molecule has 4 unspecified atom stereocenters. The van der Waals surface area contributed by atoms with E-state index < -0.39 is 41.5 Å². The third-order valence-corrected chi connectivity index (χ3v) is 9.08. The van der Waals surface area contributed by atoms with E-state index in [1.54, 1.807) is 42.1 Å². The van der Waals surface area contributed by atoms with Gasteiger partial charge in [-0.05, 0) is 36.8 Å². The first-order valence-corrected chi connectivity index (χ1v) is 14.8. The van der Waals surface area contributed by atoms with Crippen LogP contribution in [0.2, 0.25) is 0 Å². The average Bonchev–Trinajstić information content (AvgIpc) is 3.54. The number of carbonyl (C=O) groups excluding carboxylic acids is 1. The van der Waals surface area contributed by atoms with Gasteiger partial charge in [0.2, 0.25) is 0 Å². The zero-order chi connectivity index (χ0) is 32.1. The Bertz CT molecular complexity index is 1600. The number of hydrogen-bond acceptors (Lipinski definition) is 8. The van der Waals surface area contributed by atoms with Crippen LogP contribution in [0, 0.1) is 23.7 Å². The van der Waals surface area contributed by atoms with Crippen molar-refractivity contribution in [3.8, 4) is 0 Å². The lowest BCUT2D eigenvalue weighted by atomic mass is 10.2. The lowest BCUT2D eigenvalue weighted by Crippen LogP contribution is -2.28. The third-order valence-electron chi connectivity index (χ3n) is 9.08. The Hall–Kier alpha value is -4.26. The summed E-state index contributed by atoms with van der Waals surface area (Å²) >= 11 is 0. The molecular weight excluding hydrogens is 592 g/mol. The molecule has 0 spiro atoms. The SMILES string of the molecule is C=Cc1nc(N2CC3C(C2)C3(F)F)ccc1CO.C=Cc1nc(N2CC3C(C2)C3(F)F)ccc1Cn1cc(C(=O)OCC)cn1. The monoisotopic (exact) mass is 626 g/mol. The highest BCUT2D eigenvalue weighted by atomic mass is 19.3. The number of piperidine rings is 2. The number of fused-ring (bicyclic) bond motifs is 2. The average molecular weight is 627 g/mol. The van der Waals surface area contributed by atoms with Gasteiger partial charge in [-0.3, -0.25) is 4.68 Å². The van der Waals surface area contributed by atoms with Gasteiger partial charge in [-0.2, -0.15) is 5.10 Å². The summed E-state index contributed by atoms with van der Waals surface area (Å²) in [6.07, 6.45) is 6.29. The fourth-order valence-electron chi connectivity index (χ4n) is 6.29. The molecule has 7 rings (SSSR count). The van der Waals surface area contributed by atoms with Crippen molar-refractivity contribution < 1.29 is 32.2 Å². The summed E-state index contributed by atoms with van der Waals surface area (Å²) in [4.78, 5) is 24.4. The van der Waals surface area contributed by atoms with Crippen LogP contribution in [-0.4, -0.2) is 75.5 Å². The summed E-state index contributed by atoms with van der Waals surface area (Å²) < 4.78 is 59.5. The predicted octanol–water partition coefficient (Wildman–Crippen LogP) is 4.77. The Morgan fingerprint density at radius 3 is 1.87 bits per heavy atom. The molecule has 0 bridgehead atoms. The van der Waals surface area contributed by atoms with Gasteiger partial charge in [0.15, 0.2) is 0 Å². The first kappa shape index (κ1) is 30.8. The second-order valence-electron chi connectivity index (χ2n) is 11.7. The van der Waals surface area contributed by atoms with E-state index >= 15 is 0 Å². The van der Waals surface area contributed by atoms with E-state index in [-0.39, 0.29) is 6.61 Å². The molecule has 4 atom stereocenters. The van der Waals surface area contributed by atoms with Gasteiger partial charge in [0, 0.05) is 37.9 Å². The van der Waals surface area contributed by atoms with Gasteiger partial charge in [-0.25, -0.2) is 32.3 Å². The van der Waals surface area contributed by atoms with Crippen molar-refractivity contribution in [2.45, 2.75) is 31.9 Å². The molecule has 0 radical (unpaired) electrons. The van der Waals surface area contributed by atoms with Gasteiger partial charge in [0.25, 0.3) is 11.8 Å². The number of halogens is 4. The van der Waals surface area contributed by atoms with Crippen LogP contribution in [-0.2, 0) is 17.9 Å². The Kier molecular flexibility index (Phi) is 7.92. The highest BCUT2D eigenvalue weighted by Gasteiger charge is 2.72. The summed E-state index contributed by atoms with van der Waals surface area (Å²) in [6.45, 7) is 11.2. The minimum atomic E-state index is -2.51. The molecule has 4 aliphatic rings. The molecule has 2 saturated carbocycles. The standard InChI is InChI=1S/C19H20F2N4O2.C13H14F2N2O/c1-3-16-12(8-25-9-13(7-22-25)18(26)27-4-2)5-6-17(23-16)24-10-14-15(11-24)19(14,20)21;1-2-11-8(7-18)3-4-12(16-11)17-5-9-10(6-17)13(9,14)15/h3,5-7,9,14-15H,1,4,8,10-11H2,2H3;2-4,9-10,18H,1,5-7H2. The van der Waals surface area contributed by atoms with Gasteiger partial charge in [-0.15, -0.1) is 0 Å². The van der Waals surface area contributed by atoms with E-state index in [1.807, 2.05) is 21.9 Å². The van der Waals surface area contributed by atoms with Crippen molar-refractivity contribution in [2.24, 2.45) is 23.7 Å². The van der Waals surface area contributed by atoms with Gasteiger partial charge in [0.05, 0.1) is 66.6 Å². The first-order chi connectivity index (χ1) is 21.5. The Balaban J connectivity index is 0.000000172. The quantitative estimate of drug-likeness (QED) is 0.268. The van der Waals surface area contributed by atoms with Crippen LogP contribution in [0.5, 0.6) is 0 Å². The number of ether oxygens (including phenoxy) is 1. The molecule has 2 aliphatic carbocycles. The summed E-state index contributed by atoms with van der Waals surface area (Å²) in [7, 11) is 0. The molecule has 9 nitrogen and oxygen atoms in total. The molecule has 238 valence electrons. The molecule has 1 N–H and O–H groups in total. The number of rotatable bonds is 9. The molecule has 45 heavy (non-hydrogen) atoms. The van der Waals surface area contributed by atoms with Crippen LogP contribution >= 0.6 is 0 Å². The summed E-state index contributed by atoms with van der Waals surface area (Å²) in [5.41, 5.74) is 3.25. The lowest BCUT2D eigenvalue weighted by molar-refractivity contribution is 0.0526. The number of pyridine rings is 2. The summed E-state index contributed by atoms with van der Waals surface area (Å²) in [5.74, 6) is -6.13. The Morgan fingerprint density at radius 1 is 0.911 bits per heavy atom. The normalized spacial score (nSPS) is 24.7. The number of anilines is 2. The van der Waals surface area contributed by atoms with Gasteiger partial charge in [-0.1, -0.05) is 25.3 Å². The van der Waals surface area contributed by atoms with Crippen LogP contribution in [0.25, 0.3) is 12.2 Å². The fourth-order valence-corrected chi connectivity index (χ4v) is 6.29. The molecule has 13 heteroatoms. The molecule has 2 saturated heterocycles. The maximum Gasteiger partial charge on any atom is 0.341 e. The molecular formula is C32H34F4N6O3. The summed E-state index contributed by atoms with van der Waals surface area (Å²) in [5, 5.41) is 13.3. The number of hydrogen-bond donors (Lipinski definition) is 1. The molecule has 3 aromatic rings. The van der Waals surface area contributed by atoms with Gasteiger partial charge >= 0.3 is 5.97 Å². The van der Waals surface area contributed by atoms with E-state index in [0.717, 1.165) is 5.56 Å². The van der Waals surface area contributed by atoms with Crippen molar-refractivity contribution in [1.29, 1.82) is 0 Å². The maximum absolute atomic E-state index is 13.4. The molecule has 2 aliphatic heterocycles. The molecule has 0 amide bonds. The highest BCUT2D eigenvalue weighted by molar-refractivity contribution is 5.88. The van der Waals surface area contributed by atoms with Crippen molar-refractivity contribution >= 4 is 29.8 Å². The van der Waals surface area contributed by atoms with Crippen molar-refractivity contribution in [3.05, 3.63) is 77.9 Å². The number of aromatic nitrogens is 4. The van der Waals surface area contributed by atoms with E-state index in [1.165, 1.54) is 6.20 Å². The topological polar surface area (TPSA) is 96.6 Å². The fraction of sp³-hybridized carbons (Fsp3) is 0.438. The van der Waals surface area contributed by atoms with Gasteiger partial charge < -0.3 is 19.6 Å². The number of alkyl halides is 4. The van der Waals surface area contributed by atoms with Crippen molar-refractivity contribution in [3.63, 3.8) is 0 Å². The predicted molar refractivity (Wildman–Crippen MR) is 160 cm³/mol. The zero-order valence-electron chi connectivity index (χ0n) is 24.8. The number of nitrogens with zero attached hydrogens (tertiary/aromatic N) is 6. The molecule has 4 fully saturated rings. The van der Waals surface area contributed by atoms with Crippen molar-refractivity contribution in [2.75, 3.05) is 42.6 Å². The molecule has 0 aromatic carbocycles. The first-order valence-electron chi connectivity index (χ1n) is 14.8. The van der Waals surface area contributed by atoms with E-state index in [2.05, 4.69) is 28.2 Å². The smallest absolute Gasteiger partial charge is 0.341 e. The van der Waals surface area contributed by atoms with Crippen LogP contribution in [0.15, 0.2) is 49.8 Å². The number of esters is 1. The van der Waals surface area contributed by atoms with E-state index in [0.29, 0.717) is 73.5 Å². The second-order valence-corrected chi connectivity index (χ2v) is 11.7. The zero-order valence-corrected chi connectivity index (χ0v) is 24.8. The second kappa shape index (κ2) is 11.6. The minimum absolute atomic E-state index is 0.0993. The Morgan fingerprint density at radius 2 is 1.40 bits per heavy atom. The van der Waals surface area contributed by atoms with Crippen molar-refractivity contribution in [1.82, 2.24) is 19.7 Å². The van der Waals surface area contributed by atoms with E-state index in [9.17, 15) is 22.4 Å². The largest absolute Gasteiger partial charge is 0.462 e. The van der Waals surface area contributed by atoms with Crippen LogP contribution in [0.1, 0.15) is 39.8 Å². The summed E-state index contributed by atoms with van der Waals surface area (Å²) in [6, 6.07) is 7.26. The third kappa shape index (κ3) is 5.69. The van der Waals surface area contributed by atoms with Crippen LogP contribution in [0.3, 0.4) is 0 Å². The maximum atomic E-state index is 13.4. The van der Waals surface area contributed by atoms with E-state index in [4.69, 9.17) is 9.84 Å². The Labute approximate surface area is 257 Å². The van der Waals surface area contributed by atoms with Crippen LogP contribution in [0.4, 0.5) is 29.2 Å². The molecule has 3 aromatic heterocycles. The number of aliphatic hydroxyl groups is 1. The van der Waals surface area contributed by atoms with Gasteiger partial charge in [0.1, 0.15) is 11.6 Å². The minimum Gasteiger partial charge on any atom is -0.462 e. The van der Waals surface area contributed by atoms with Crippen LogP contribution < -0.4 is 9.80 Å². The lowest BCUT2D eigenvalue weighted by Gasteiger charge is -2.21. The molecule has 5 heterocycles. The highest BCUT2D eigenvalue weighted by Crippen LogP contribution is 2.60.